The third-order valence-corrected chi connectivity index (χ3v) is 6.41. The first-order chi connectivity index (χ1) is 16.1. The van der Waals surface area contributed by atoms with E-state index in [-0.39, 0.29) is 17.7 Å². The Bertz CT molecular complexity index is 1080. The van der Waals surface area contributed by atoms with Crippen molar-refractivity contribution in [3.63, 3.8) is 0 Å². The molecular formula is C26H27BrN4O2. The number of carbonyl (C=O) groups is 2. The zero-order chi connectivity index (χ0) is 23.0. The lowest BCUT2D eigenvalue weighted by Crippen LogP contribution is -2.38. The number of piperidine rings is 1. The molecule has 6 nitrogen and oxygen atoms in total. The van der Waals surface area contributed by atoms with Gasteiger partial charge in [-0.2, -0.15) is 0 Å². The van der Waals surface area contributed by atoms with Gasteiger partial charge in [-0.25, -0.2) is 0 Å². The Morgan fingerprint density at radius 3 is 2.45 bits per heavy atom. The molecule has 0 aliphatic carbocycles. The number of benzene rings is 2. The number of pyridine rings is 1. The van der Waals surface area contributed by atoms with Crippen molar-refractivity contribution in [2.24, 2.45) is 5.92 Å². The van der Waals surface area contributed by atoms with Crippen LogP contribution in [-0.2, 0) is 17.9 Å². The van der Waals surface area contributed by atoms with E-state index in [0.717, 1.165) is 42.5 Å². The molecule has 0 radical (unpaired) electrons. The number of carbonyl (C=O) groups excluding carboxylic acids is 2. The van der Waals surface area contributed by atoms with E-state index in [0.29, 0.717) is 17.8 Å². The van der Waals surface area contributed by atoms with Crippen LogP contribution in [0, 0.1) is 5.92 Å². The SMILES string of the molecule is O=C(NCc1cccnc1)c1ccccc1NC(=O)C1CCN(Cc2ccc(Br)cc2)CC1. The molecule has 1 saturated heterocycles. The second-order valence-corrected chi connectivity index (χ2v) is 9.17. The van der Waals surface area contributed by atoms with Gasteiger partial charge in [-0.05, 0) is 67.4 Å². The molecule has 170 valence electrons. The van der Waals surface area contributed by atoms with Crippen molar-refractivity contribution in [3.05, 3.63) is 94.2 Å². The van der Waals surface area contributed by atoms with Crippen LogP contribution in [0.1, 0.15) is 34.3 Å². The van der Waals surface area contributed by atoms with Crippen LogP contribution in [0.4, 0.5) is 5.69 Å². The monoisotopic (exact) mass is 506 g/mol. The summed E-state index contributed by atoms with van der Waals surface area (Å²) in [5, 5.41) is 5.90. The summed E-state index contributed by atoms with van der Waals surface area (Å²) in [6.45, 7) is 3.02. The predicted octanol–water partition coefficient (Wildman–Crippen LogP) is 4.62. The van der Waals surface area contributed by atoms with Crippen LogP contribution < -0.4 is 10.6 Å². The van der Waals surface area contributed by atoms with Crippen LogP contribution in [-0.4, -0.2) is 34.8 Å². The molecule has 1 aliphatic rings. The molecular weight excluding hydrogens is 480 g/mol. The highest BCUT2D eigenvalue weighted by Crippen LogP contribution is 2.23. The van der Waals surface area contributed by atoms with Gasteiger partial charge < -0.3 is 10.6 Å². The standard InChI is InChI=1S/C26H27BrN4O2/c27-22-9-7-19(8-10-22)18-31-14-11-21(12-15-31)25(32)30-24-6-2-1-5-23(24)26(33)29-17-20-4-3-13-28-16-20/h1-10,13,16,21H,11-12,14-15,17-18H2,(H,29,33)(H,30,32). The fraction of sp³-hybridized carbons (Fsp3) is 0.269. The van der Waals surface area contributed by atoms with Crippen molar-refractivity contribution in [2.45, 2.75) is 25.9 Å². The van der Waals surface area contributed by atoms with Gasteiger partial charge in [-0.3, -0.25) is 19.5 Å². The molecule has 3 aromatic rings. The topological polar surface area (TPSA) is 74.3 Å². The van der Waals surface area contributed by atoms with E-state index >= 15 is 0 Å². The Morgan fingerprint density at radius 1 is 0.970 bits per heavy atom. The molecule has 0 unspecified atom stereocenters. The lowest BCUT2D eigenvalue weighted by atomic mass is 9.95. The number of para-hydroxylation sites is 1. The highest BCUT2D eigenvalue weighted by atomic mass is 79.9. The van der Waals surface area contributed by atoms with Crippen LogP contribution in [0.5, 0.6) is 0 Å². The van der Waals surface area contributed by atoms with Crippen molar-refractivity contribution in [1.82, 2.24) is 15.2 Å². The first-order valence-electron chi connectivity index (χ1n) is 11.1. The molecule has 1 aliphatic heterocycles. The van der Waals surface area contributed by atoms with E-state index in [1.54, 1.807) is 30.6 Å². The summed E-state index contributed by atoms with van der Waals surface area (Å²) < 4.78 is 1.08. The molecule has 0 atom stereocenters. The number of aromatic nitrogens is 1. The smallest absolute Gasteiger partial charge is 0.253 e. The van der Waals surface area contributed by atoms with Crippen molar-refractivity contribution < 1.29 is 9.59 Å². The van der Waals surface area contributed by atoms with Crippen molar-refractivity contribution in [2.75, 3.05) is 18.4 Å². The Labute approximate surface area is 202 Å². The molecule has 1 aromatic heterocycles. The van der Waals surface area contributed by atoms with E-state index in [2.05, 4.69) is 60.7 Å². The molecule has 4 rings (SSSR count). The number of amides is 2. The number of rotatable bonds is 7. The van der Waals surface area contributed by atoms with Crippen molar-refractivity contribution in [1.29, 1.82) is 0 Å². The van der Waals surface area contributed by atoms with E-state index in [4.69, 9.17) is 0 Å². The van der Waals surface area contributed by atoms with Gasteiger partial charge in [0.1, 0.15) is 0 Å². The number of hydrogen-bond donors (Lipinski definition) is 2. The summed E-state index contributed by atoms with van der Waals surface area (Å²) in [5.41, 5.74) is 3.19. The molecule has 0 spiro atoms. The van der Waals surface area contributed by atoms with Crippen molar-refractivity contribution >= 4 is 33.4 Å². The maximum absolute atomic E-state index is 12.9. The second-order valence-electron chi connectivity index (χ2n) is 8.26. The molecule has 2 heterocycles. The van der Waals surface area contributed by atoms with E-state index in [1.807, 2.05) is 18.2 Å². The molecule has 7 heteroatoms. The average molecular weight is 507 g/mol. The highest BCUT2D eigenvalue weighted by molar-refractivity contribution is 9.10. The van der Waals surface area contributed by atoms with Gasteiger partial charge in [-0.1, -0.05) is 46.3 Å². The van der Waals surface area contributed by atoms with Crippen LogP contribution in [0.3, 0.4) is 0 Å². The minimum absolute atomic E-state index is 0.0224. The summed E-state index contributed by atoms with van der Waals surface area (Å²) in [5.74, 6) is -0.303. The number of nitrogens with zero attached hydrogens (tertiary/aromatic N) is 2. The zero-order valence-electron chi connectivity index (χ0n) is 18.3. The van der Waals surface area contributed by atoms with Gasteiger partial charge in [0.05, 0.1) is 11.3 Å². The second kappa shape index (κ2) is 11.2. The number of likely N-dealkylation sites (tertiary alicyclic amines) is 1. The Kier molecular flexibility index (Phi) is 7.86. The highest BCUT2D eigenvalue weighted by Gasteiger charge is 2.26. The average Bonchev–Trinajstić information content (AvgIpc) is 2.85. The van der Waals surface area contributed by atoms with Crippen LogP contribution >= 0.6 is 15.9 Å². The lowest BCUT2D eigenvalue weighted by Gasteiger charge is -2.31. The lowest BCUT2D eigenvalue weighted by molar-refractivity contribution is -0.121. The summed E-state index contributed by atoms with van der Waals surface area (Å²) in [7, 11) is 0. The summed E-state index contributed by atoms with van der Waals surface area (Å²) in [6.07, 6.45) is 5.02. The maximum atomic E-state index is 12.9. The minimum Gasteiger partial charge on any atom is -0.348 e. The molecule has 2 N–H and O–H groups in total. The Hall–Kier alpha value is -3.03. The van der Waals surface area contributed by atoms with Gasteiger partial charge in [-0.15, -0.1) is 0 Å². The Balaban J connectivity index is 1.30. The first kappa shape index (κ1) is 23.1. The Morgan fingerprint density at radius 2 is 1.73 bits per heavy atom. The van der Waals surface area contributed by atoms with Crippen LogP contribution in [0.25, 0.3) is 0 Å². The fourth-order valence-corrected chi connectivity index (χ4v) is 4.27. The fourth-order valence-electron chi connectivity index (χ4n) is 4.01. The summed E-state index contributed by atoms with van der Waals surface area (Å²) in [6, 6.07) is 19.2. The predicted molar refractivity (Wildman–Crippen MR) is 133 cm³/mol. The zero-order valence-corrected chi connectivity index (χ0v) is 19.9. The molecule has 33 heavy (non-hydrogen) atoms. The van der Waals surface area contributed by atoms with Gasteiger partial charge in [0.15, 0.2) is 0 Å². The summed E-state index contributed by atoms with van der Waals surface area (Å²) >= 11 is 3.47. The van der Waals surface area contributed by atoms with Gasteiger partial charge in [0, 0.05) is 35.9 Å². The minimum atomic E-state index is -0.223. The number of hydrogen-bond acceptors (Lipinski definition) is 4. The van der Waals surface area contributed by atoms with E-state index in [1.165, 1.54) is 5.56 Å². The quantitative estimate of drug-likeness (QED) is 0.490. The maximum Gasteiger partial charge on any atom is 0.253 e. The first-order valence-corrected chi connectivity index (χ1v) is 11.9. The van der Waals surface area contributed by atoms with Crippen LogP contribution in [0.2, 0.25) is 0 Å². The molecule has 2 aromatic carbocycles. The number of halogens is 1. The summed E-state index contributed by atoms with van der Waals surface area (Å²) in [4.78, 5) is 32.1. The van der Waals surface area contributed by atoms with E-state index in [9.17, 15) is 9.59 Å². The number of anilines is 1. The molecule has 1 fully saturated rings. The van der Waals surface area contributed by atoms with E-state index < -0.39 is 0 Å². The third-order valence-electron chi connectivity index (χ3n) is 5.88. The third kappa shape index (κ3) is 6.49. The molecule has 0 bridgehead atoms. The van der Waals surface area contributed by atoms with Crippen LogP contribution in [0.15, 0.2) is 77.5 Å². The van der Waals surface area contributed by atoms with Crippen molar-refractivity contribution in [3.8, 4) is 0 Å². The van der Waals surface area contributed by atoms with Gasteiger partial charge >= 0.3 is 0 Å². The largest absolute Gasteiger partial charge is 0.348 e. The molecule has 2 amide bonds. The normalized spacial score (nSPS) is 14.6. The number of nitrogens with one attached hydrogen (secondary N) is 2. The van der Waals surface area contributed by atoms with Gasteiger partial charge in [0.2, 0.25) is 5.91 Å². The van der Waals surface area contributed by atoms with Gasteiger partial charge in [0.25, 0.3) is 5.91 Å². The molecule has 0 saturated carbocycles.